The van der Waals surface area contributed by atoms with Gasteiger partial charge in [-0.2, -0.15) is 22.7 Å². The van der Waals surface area contributed by atoms with Crippen LogP contribution in [0.4, 0.5) is 0 Å². The van der Waals surface area contributed by atoms with Gasteiger partial charge in [-0.05, 0) is 76.2 Å². The van der Waals surface area contributed by atoms with Crippen molar-refractivity contribution < 1.29 is 4.79 Å². The maximum absolute atomic E-state index is 12.4. The molecule has 3 rings (SSSR count). The molecule has 0 atom stereocenters. The maximum Gasteiger partial charge on any atom is 0.185 e. The molecule has 1 saturated carbocycles. The number of carbonyl (C=O) groups is 1. The highest BCUT2D eigenvalue weighted by molar-refractivity contribution is 7.08. The van der Waals surface area contributed by atoms with Crippen LogP contribution in [-0.2, 0) is 4.79 Å². The van der Waals surface area contributed by atoms with Crippen LogP contribution in [0.25, 0.3) is 12.2 Å². The lowest BCUT2D eigenvalue weighted by Gasteiger charge is -2.16. The molecule has 19 heavy (non-hydrogen) atoms. The molecule has 0 bridgehead atoms. The monoisotopic (exact) mass is 286 g/mol. The van der Waals surface area contributed by atoms with Gasteiger partial charge in [0.15, 0.2) is 5.78 Å². The third-order valence-electron chi connectivity index (χ3n) is 3.24. The summed E-state index contributed by atoms with van der Waals surface area (Å²) in [5, 5.41) is 8.25. The van der Waals surface area contributed by atoms with E-state index in [4.69, 9.17) is 0 Å². The summed E-state index contributed by atoms with van der Waals surface area (Å²) in [5.74, 6) is 0.226. The van der Waals surface area contributed by atoms with E-state index < -0.39 is 0 Å². The standard InChI is InChI=1S/C16H14OS2/c17-16-14(8-12-4-6-18-10-12)2-1-3-15(16)9-13-5-7-19-11-13/h4-11H,1-3H2/b14-8-,15-9+. The third kappa shape index (κ3) is 2.94. The molecule has 2 aromatic heterocycles. The Morgan fingerprint density at radius 3 is 1.84 bits per heavy atom. The molecule has 0 unspecified atom stereocenters. The maximum atomic E-state index is 12.4. The lowest BCUT2D eigenvalue weighted by molar-refractivity contribution is -0.112. The van der Waals surface area contributed by atoms with E-state index in [2.05, 4.69) is 22.9 Å². The molecule has 1 fully saturated rings. The zero-order valence-electron chi connectivity index (χ0n) is 10.5. The Balaban J connectivity index is 1.87. The van der Waals surface area contributed by atoms with Gasteiger partial charge in [0.05, 0.1) is 0 Å². The second kappa shape index (κ2) is 5.68. The Labute approximate surface area is 120 Å². The van der Waals surface area contributed by atoms with E-state index in [-0.39, 0.29) is 5.78 Å². The van der Waals surface area contributed by atoms with Crippen LogP contribution in [0.2, 0.25) is 0 Å². The zero-order valence-corrected chi connectivity index (χ0v) is 12.1. The molecule has 0 aromatic carbocycles. The molecule has 1 aliphatic carbocycles. The molecule has 0 saturated heterocycles. The van der Waals surface area contributed by atoms with Crippen molar-refractivity contribution in [2.45, 2.75) is 19.3 Å². The predicted octanol–water partition coefficient (Wildman–Crippen LogP) is 5.03. The lowest BCUT2D eigenvalue weighted by Crippen LogP contribution is -2.12. The molecule has 2 aromatic rings. The molecule has 1 nitrogen and oxygen atoms in total. The number of hydrogen-bond donors (Lipinski definition) is 0. The van der Waals surface area contributed by atoms with Crippen LogP contribution < -0.4 is 0 Å². The Morgan fingerprint density at radius 1 is 0.895 bits per heavy atom. The minimum Gasteiger partial charge on any atom is -0.289 e. The highest BCUT2D eigenvalue weighted by Crippen LogP contribution is 2.28. The van der Waals surface area contributed by atoms with Gasteiger partial charge in [-0.3, -0.25) is 4.79 Å². The average Bonchev–Trinajstić information content (AvgIpc) is 3.07. The van der Waals surface area contributed by atoms with Gasteiger partial charge in [-0.1, -0.05) is 0 Å². The lowest BCUT2D eigenvalue weighted by atomic mass is 9.87. The van der Waals surface area contributed by atoms with E-state index in [1.807, 2.05) is 22.9 Å². The van der Waals surface area contributed by atoms with Crippen LogP contribution in [0.15, 0.2) is 44.8 Å². The molecule has 3 heteroatoms. The zero-order chi connectivity index (χ0) is 13.1. The highest BCUT2D eigenvalue weighted by atomic mass is 32.1. The first kappa shape index (κ1) is 12.6. The van der Waals surface area contributed by atoms with Gasteiger partial charge in [-0.25, -0.2) is 0 Å². The molecule has 0 amide bonds. The van der Waals surface area contributed by atoms with Gasteiger partial charge in [0.25, 0.3) is 0 Å². The van der Waals surface area contributed by atoms with Crippen molar-refractivity contribution in [3.63, 3.8) is 0 Å². The van der Waals surface area contributed by atoms with Crippen LogP contribution in [0.5, 0.6) is 0 Å². The van der Waals surface area contributed by atoms with E-state index in [1.165, 1.54) is 0 Å². The van der Waals surface area contributed by atoms with Gasteiger partial charge in [0.1, 0.15) is 0 Å². The van der Waals surface area contributed by atoms with Gasteiger partial charge in [0, 0.05) is 11.1 Å². The van der Waals surface area contributed by atoms with Crippen LogP contribution in [-0.4, -0.2) is 5.78 Å². The Bertz CT molecular complexity index is 562. The van der Waals surface area contributed by atoms with Crippen LogP contribution >= 0.6 is 22.7 Å². The fourth-order valence-corrected chi connectivity index (χ4v) is 3.53. The number of ketones is 1. The third-order valence-corrected chi connectivity index (χ3v) is 4.65. The molecule has 96 valence electrons. The number of Topliss-reactive ketones (excluding diaryl/α,β-unsaturated/α-hetero) is 1. The first-order valence-corrected chi connectivity index (χ1v) is 8.22. The Hall–Kier alpha value is -1.45. The molecule has 1 aliphatic rings. The minimum absolute atomic E-state index is 0.226. The van der Waals surface area contributed by atoms with Gasteiger partial charge >= 0.3 is 0 Å². The first-order valence-electron chi connectivity index (χ1n) is 6.33. The van der Waals surface area contributed by atoms with E-state index in [9.17, 15) is 4.79 Å². The summed E-state index contributed by atoms with van der Waals surface area (Å²) in [6.07, 6.45) is 6.95. The van der Waals surface area contributed by atoms with Crippen LogP contribution in [0.3, 0.4) is 0 Å². The van der Waals surface area contributed by atoms with E-state index in [0.29, 0.717) is 0 Å². The van der Waals surface area contributed by atoms with E-state index in [1.54, 1.807) is 22.7 Å². The van der Waals surface area contributed by atoms with E-state index in [0.717, 1.165) is 41.5 Å². The molecule has 0 aliphatic heterocycles. The largest absolute Gasteiger partial charge is 0.289 e. The van der Waals surface area contributed by atoms with Gasteiger partial charge in [0.2, 0.25) is 0 Å². The molecule has 0 N–H and O–H groups in total. The van der Waals surface area contributed by atoms with Crippen molar-refractivity contribution in [2.24, 2.45) is 0 Å². The van der Waals surface area contributed by atoms with Crippen LogP contribution in [0.1, 0.15) is 30.4 Å². The average molecular weight is 286 g/mol. The molecule has 0 radical (unpaired) electrons. The van der Waals surface area contributed by atoms with E-state index >= 15 is 0 Å². The Morgan fingerprint density at radius 2 is 1.42 bits per heavy atom. The smallest absolute Gasteiger partial charge is 0.185 e. The fraction of sp³-hybridized carbons (Fsp3) is 0.188. The summed E-state index contributed by atoms with van der Waals surface area (Å²) >= 11 is 3.33. The molecular weight excluding hydrogens is 272 g/mol. The normalized spacial score (nSPS) is 20.3. The number of allylic oxidation sites excluding steroid dienone is 2. The second-order valence-electron chi connectivity index (χ2n) is 4.64. The van der Waals surface area contributed by atoms with Crippen molar-refractivity contribution in [3.05, 3.63) is 55.9 Å². The second-order valence-corrected chi connectivity index (χ2v) is 6.20. The number of carbonyl (C=O) groups excluding carboxylic acids is 1. The number of hydrogen-bond acceptors (Lipinski definition) is 3. The Kier molecular flexibility index (Phi) is 3.76. The minimum atomic E-state index is 0.226. The fourth-order valence-electron chi connectivity index (χ4n) is 2.29. The van der Waals surface area contributed by atoms with Gasteiger partial charge in [-0.15, -0.1) is 0 Å². The quantitative estimate of drug-likeness (QED) is 0.708. The summed E-state index contributed by atoms with van der Waals surface area (Å²) in [5.41, 5.74) is 4.19. The molecule has 2 heterocycles. The molecular formula is C16H14OS2. The van der Waals surface area contributed by atoms with Crippen LogP contribution in [0, 0.1) is 0 Å². The molecule has 0 spiro atoms. The van der Waals surface area contributed by atoms with Crippen molar-refractivity contribution in [1.29, 1.82) is 0 Å². The summed E-state index contributed by atoms with van der Waals surface area (Å²) in [4.78, 5) is 12.4. The SMILES string of the molecule is O=C1/C(=C\c2ccsc2)CCC/C1=C\c1ccsc1. The first-order chi connectivity index (χ1) is 9.33. The summed E-state index contributed by atoms with van der Waals surface area (Å²) < 4.78 is 0. The number of thiophene rings is 2. The van der Waals surface area contributed by atoms with Crippen molar-refractivity contribution in [1.82, 2.24) is 0 Å². The summed E-state index contributed by atoms with van der Waals surface area (Å²) in [6.45, 7) is 0. The summed E-state index contributed by atoms with van der Waals surface area (Å²) in [6, 6.07) is 4.11. The van der Waals surface area contributed by atoms with Gasteiger partial charge < -0.3 is 0 Å². The number of rotatable bonds is 2. The van der Waals surface area contributed by atoms with Crippen molar-refractivity contribution in [3.8, 4) is 0 Å². The van der Waals surface area contributed by atoms with Crippen molar-refractivity contribution >= 4 is 40.6 Å². The van der Waals surface area contributed by atoms with Crippen molar-refractivity contribution in [2.75, 3.05) is 0 Å². The predicted molar refractivity (Wildman–Crippen MR) is 83.5 cm³/mol. The summed E-state index contributed by atoms with van der Waals surface area (Å²) in [7, 11) is 0. The highest BCUT2D eigenvalue weighted by Gasteiger charge is 2.20. The topological polar surface area (TPSA) is 17.1 Å².